The molecule has 23 heavy (non-hydrogen) atoms. The molecule has 1 aliphatic heterocycles. The van der Waals surface area contributed by atoms with Gasteiger partial charge in [-0.25, -0.2) is 0 Å². The van der Waals surface area contributed by atoms with E-state index in [1.807, 2.05) is 26.0 Å². The Labute approximate surface area is 140 Å². The van der Waals surface area contributed by atoms with E-state index in [4.69, 9.17) is 4.74 Å². The molecule has 1 aliphatic rings. The van der Waals surface area contributed by atoms with Crippen LogP contribution in [0.25, 0.3) is 0 Å². The fraction of sp³-hybridized carbons (Fsp3) is 0.632. The predicted molar refractivity (Wildman–Crippen MR) is 93.9 cm³/mol. The zero-order valence-electron chi connectivity index (χ0n) is 14.9. The highest BCUT2D eigenvalue weighted by Crippen LogP contribution is 2.22. The van der Waals surface area contributed by atoms with Crippen molar-refractivity contribution in [3.05, 3.63) is 29.3 Å². The molecule has 1 amide bonds. The minimum absolute atomic E-state index is 0.0289. The van der Waals surface area contributed by atoms with E-state index < -0.39 is 6.10 Å². The summed E-state index contributed by atoms with van der Waals surface area (Å²) in [6.45, 7) is 8.97. The largest absolute Gasteiger partial charge is 0.481 e. The van der Waals surface area contributed by atoms with Gasteiger partial charge in [-0.05, 0) is 83.3 Å². The van der Waals surface area contributed by atoms with Crippen LogP contribution in [0, 0.1) is 19.8 Å². The Kier molecular flexibility index (Phi) is 6.46. The highest BCUT2D eigenvalue weighted by atomic mass is 16.5. The Balaban J connectivity index is 1.73. The number of amides is 1. The second-order valence-corrected chi connectivity index (χ2v) is 6.78. The van der Waals surface area contributed by atoms with Crippen LogP contribution in [0.3, 0.4) is 0 Å². The molecule has 0 aromatic heterocycles. The molecule has 4 nitrogen and oxygen atoms in total. The Hall–Kier alpha value is -1.55. The van der Waals surface area contributed by atoms with E-state index in [9.17, 15) is 4.79 Å². The molecule has 0 bridgehead atoms. The lowest BCUT2D eigenvalue weighted by molar-refractivity contribution is -0.127. The topological polar surface area (TPSA) is 41.6 Å². The van der Waals surface area contributed by atoms with Crippen molar-refractivity contribution in [2.24, 2.45) is 5.92 Å². The van der Waals surface area contributed by atoms with Crippen LogP contribution >= 0.6 is 0 Å². The molecular formula is C19H30N2O2. The van der Waals surface area contributed by atoms with E-state index in [0.29, 0.717) is 0 Å². The summed E-state index contributed by atoms with van der Waals surface area (Å²) in [5.74, 6) is 1.50. The van der Waals surface area contributed by atoms with Crippen LogP contribution in [0.4, 0.5) is 0 Å². The molecule has 2 rings (SSSR count). The molecule has 128 valence electrons. The number of carbonyl (C=O) groups is 1. The van der Waals surface area contributed by atoms with Gasteiger partial charge in [0.25, 0.3) is 5.91 Å². The molecule has 1 atom stereocenters. The molecule has 1 heterocycles. The summed E-state index contributed by atoms with van der Waals surface area (Å²) in [5, 5.41) is 3.02. The summed E-state index contributed by atoms with van der Waals surface area (Å²) in [6.07, 6.45) is 3.07. The molecule has 1 aromatic carbocycles. The summed E-state index contributed by atoms with van der Waals surface area (Å²) in [7, 11) is 2.17. The van der Waals surface area contributed by atoms with Crippen molar-refractivity contribution in [2.45, 2.75) is 46.1 Å². The molecule has 0 unspecified atom stereocenters. The summed E-state index contributed by atoms with van der Waals surface area (Å²) < 4.78 is 5.83. The van der Waals surface area contributed by atoms with Crippen LogP contribution in [0.1, 0.15) is 37.3 Å². The Morgan fingerprint density at radius 1 is 1.35 bits per heavy atom. The number of piperidine rings is 1. The first-order valence-corrected chi connectivity index (χ1v) is 8.66. The second-order valence-electron chi connectivity index (χ2n) is 6.78. The first-order valence-electron chi connectivity index (χ1n) is 8.66. The van der Waals surface area contributed by atoms with Gasteiger partial charge in [0, 0.05) is 6.54 Å². The predicted octanol–water partition coefficient (Wildman–Crippen LogP) is 2.92. The molecule has 0 radical (unpaired) electrons. The highest BCUT2D eigenvalue weighted by Gasteiger charge is 2.18. The SMILES string of the molecule is Cc1cccc(O[C@H](C)C(=O)NCCC2CCN(C)CC2)c1C. The monoisotopic (exact) mass is 318 g/mol. The van der Waals surface area contributed by atoms with Crippen molar-refractivity contribution in [2.75, 3.05) is 26.7 Å². The smallest absolute Gasteiger partial charge is 0.260 e. The summed E-state index contributed by atoms with van der Waals surface area (Å²) in [5.41, 5.74) is 2.27. The number of hydrogen-bond donors (Lipinski definition) is 1. The fourth-order valence-electron chi connectivity index (χ4n) is 2.99. The summed E-state index contributed by atoms with van der Waals surface area (Å²) in [4.78, 5) is 14.6. The number of benzene rings is 1. The Morgan fingerprint density at radius 3 is 2.74 bits per heavy atom. The molecule has 0 aliphatic carbocycles. The van der Waals surface area contributed by atoms with Crippen LogP contribution in [0.2, 0.25) is 0 Å². The van der Waals surface area contributed by atoms with Gasteiger partial charge in [0.1, 0.15) is 5.75 Å². The van der Waals surface area contributed by atoms with Crippen LogP contribution in [0.15, 0.2) is 18.2 Å². The van der Waals surface area contributed by atoms with Crippen molar-refractivity contribution in [3.63, 3.8) is 0 Å². The van der Waals surface area contributed by atoms with Crippen molar-refractivity contribution >= 4 is 5.91 Å². The molecule has 1 fully saturated rings. The summed E-state index contributed by atoms with van der Waals surface area (Å²) >= 11 is 0. The fourth-order valence-corrected chi connectivity index (χ4v) is 2.99. The van der Waals surface area contributed by atoms with Crippen molar-refractivity contribution < 1.29 is 9.53 Å². The van der Waals surface area contributed by atoms with Crippen LogP contribution in [0.5, 0.6) is 5.75 Å². The second kappa shape index (κ2) is 8.34. The van der Waals surface area contributed by atoms with Gasteiger partial charge in [-0.2, -0.15) is 0 Å². The summed E-state index contributed by atoms with van der Waals surface area (Å²) in [6, 6.07) is 5.93. The number of likely N-dealkylation sites (tertiary alicyclic amines) is 1. The van der Waals surface area contributed by atoms with Gasteiger partial charge in [0.15, 0.2) is 6.10 Å². The van der Waals surface area contributed by atoms with Gasteiger partial charge in [0.05, 0.1) is 0 Å². The molecular weight excluding hydrogens is 288 g/mol. The third-order valence-corrected chi connectivity index (χ3v) is 4.92. The minimum atomic E-state index is -0.465. The van der Waals surface area contributed by atoms with E-state index >= 15 is 0 Å². The van der Waals surface area contributed by atoms with Gasteiger partial charge >= 0.3 is 0 Å². The van der Waals surface area contributed by atoms with Crippen LogP contribution in [-0.4, -0.2) is 43.6 Å². The maximum absolute atomic E-state index is 12.2. The zero-order valence-corrected chi connectivity index (χ0v) is 14.9. The van der Waals surface area contributed by atoms with Gasteiger partial charge in [-0.3, -0.25) is 4.79 Å². The first kappa shape index (κ1) is 17.8. The number of hydrogen-bond acceptors (Lipinski definition) is 3. The van der Waals surface area contributed by atoms with E-state index in [-0.39, 0.29) is 5.91 Å². The van der Waals surface area contributed by atoms with E-state index in [1.54, 1.807) is 0 Å². The Morgan fingerprint density at radius 2 is 2.04 bits per heavy atom. The minimum Gasteiger partial charge on any atom is -0.481 e. The van der Waals surface area contributed by atoms with Crippen molar-refractivity contribution in [3.8, 4) is 5.75 Å². The zero-order chi connectivity index (χ0) is 16.8. The number of nitrogens with one attached hydrogen (secondary N) is 1. The number of ether oxygens (including phenoxy) is 1. The molecule has 0 saturated carbocycles. The molecule has 4 heteroatoms. The lowest BCUT2D eigenvalue weighted by atomic mass is 9.94. The van der Waals surface area contributed by atoms with Gasteiger partial charge in [0.2, 0.25) is 0 Å². The maximum atomic E-state index is 12.2. The first-order chi connectivity index (χ1) is 11.0. The third kappa shape index (κ3) is 5.24. The maximum Gasteiger partial charge on any atom is 0.260 e. The van der Waals surface area contributed by atoms with Crippen molar-refractivity contribution in [1.82, 2.24) is 10.2 Å². The Bertz CT molecular complexity index is 522. The lowest BCUT2D eigenvalue weighted by Crippen LogP contribution is -2.38. The van der Waals surface area contributed by atoms with E-state index in [1.165, 1.54) is 31.5 Å². The number of carbonyl (C=O) groups excluding carboxylic acids is 1. The number of aryl methyl sites for hydroxylation is 1. The van der Waals surface area contributed by atoms with Gasteiger partial charge < -0.3 is 15.0 Å². The van der Waals surface area contributed by atoms with Gasteiger partial charge in [-0.1, -0.05) is 12.1 Å². The van der Waals surface area contributed by atoms with E-state index in [2.05, 4.69) is 30.3 Å². The quantitative estimate of drug-likeness (QED) is 0.877. The highest BCUT2D eigenvalue weighted by molar-refractivity contribution is 5.80. The average molecular weight is 318 g/mol. The van der Waals surface area contributed by atoms with E-state index in [0.717, 1.165) is 30.2 Å². The van der Waals surface area contributed by atoms with Crippen LogP contribution in [-0.2, 0) is 4.79 Å². The molecule has 1 N–H and O–H groups in total. The molecule has 0 spiro atoms. The molecule has 1 aromatic rings. The number of rotatable bonds is 6. The molecule has 1 saturated heterocycles. The standard InChI is InChI=1S/C19H30N2O2/c1-14-6-5-7-18(15(14)2)23-16(3)19(22)20-11-8-17-9-12-21(4)13-10-17/h5-7,16-17H,8-13H2,1-4H3,(H,20,22)/t16-/m1/s1. The number of nitrogens with zero attached hydrogens (tertiary/aromatic N) is 1. The normalized spacial score (nSPS) is 17.7. The van der Waals surface area contributed by atoms with Gasteiger partial charge in [-0.15, -0.1) is 0 Å². The van der Waals surface area contributed by atoms with Crippen molar-refractivity contribution in [1.29, 1.82) is 0 Å². The van der Waals surface area contributed by atoms with Crippen LogP contribution < -0.4 is 10.1 Å². The average Bonchev–Trinajstić information content (AvgIpc) is 2.53. The lowest BCUT2D eigenvalue weighted by Gasteiger charge is -2.29. The third-order valence-electron chi connectivity index (χ3n) is 4.92.